The summed E-state index contributed by atoms with van der Waals surface area (Å²) in [6, 6.07) is 0.0684. The van der Waals surface area contributed by atoms with E-state index < -0.39 is 5.91 Å². The van der Waals surface area contributed by atoms with E-state index in [1.165, 1.54) is 25.5 Å². The van der Waals surface area contributed by atoms with Crippen molar-refractivity contribution in [2.45, 2.75) is 70.1 Å². The van der Waals surface area contributed by atoms with Crippen molar-refractivity contribution in [2.24, 2.45) is 17.1 Å². The number of hydrogen-bond donors (Lipinski definition) is 4. The van der Waals surface area contributed by atoms with Gasteiger partial charge in [0.1, 0.15) is 5.82 Å². The maximum Gasteiger partial charge on any atom is 0.254 e. The zero-order valence-electron chi connectivity index (χ0n) is 14.9. The van der Waals surface area contributed by atoms with Gasteiger partial charge in [-0.3, -0.25) is 4.79 Å². The van der Waals surface area contributed by atoms with E-state index in [9.17, 15) is 9.90 Å². The van der Waals surface area contributed by atoms with Crippen LogP contribution in [0.2, 0.25) is 0 Å². The van der Waals surface area contributed by atoms with Gasteiger partial charge in [0.25, 0.3) is 5.91 Å². The molecule has 0 aliphatic heterocycles. The van der Waals surface area contributed by atoms with Crippen LogP contribution in [0.25, 0.3) is 0 Å². The predicted molar refractivity (Wildman–Crippen MR) is 95.3 cm³/mol. The molecule has 0 spiro atoms. The van der Waals surface area contributed by atoms with Crippen LogP contribution >= 0.6 is 0 Å². The molecule has 0 unspecified atom stereocenters. The average molecular weight is 345 g/mol. The Morgan fingerprint density at radius 1 is 1.36 bits per heavy atom. The molecule has 1 aromatic heterocycles. The summed E-state index contributed by atoms with van der Waals surface area (Å²) >= 11 is 0. The number of rotatable bonds is 5. The topological polar surface area (TPSA) is 113 Å². The number of carbonyl (C=O) groups excluding carboxylic acids is 1. The minimum absolute atomic E-state index is 0.0684. The lowest BCUT2D eigenvalue weighted by molar-refractivity contribution is 0.00146. The first-order valence-corrected chi connectivity index (χ1v) is 9.16. The van der Waals surface area contributed by atoms with Crippen molar-refractivity contribution in [3.63, 3.8) is 0 Å². The Kier molecular flexibility index (Phi) is 3.68. The molecule has 1 heterocycles. The van der Waals surface area contributed by atoms with Crippen molar-refractivity contribution in [1.82, 2.24) is 9.97 Å². The van der Waals surface area contributed by atoms with E-state index in [0.29, 0.717) is 23.8 Å². The Balaban J connectivity index is 1.51. The lowest BCUT2D eigenvalue weighted by atomic mass is 9.50. The van der Waals surface area contributed by atoms with Crippen LogP contribution in [0.5, 0.6) is 0 Å². The Morgan fingerprint density at radius 3 is 2.64 bits per heavy atom. The van der Waals surface area contributed by atoms with Gasteiger partial charge in [0.2, 0.25) is 5.95 Å². The van der Waals surface area contributed by atoms with Crippen molar-refractivity contribution in [3.05, 3.63) is 11.8 Å². The summed E-state index contributed by atoms with van der Waals surface area (Å²) in [7, 11) is 0. The summed E-state index contributed by atoms with van der Waals surface area (Å²) in [5.41, 5.74) is 5.87. The molecule has 1 aromatic rings. The average Bonchev–Trinajstić information content (AvgIpc) is 2.46. The molecule has 2 bridgehead atoms. The van der Waals surface area contributed by atoms with Crippen LogP contribution in [0.4, 0.5) is 11.8 Å². The molecule has 0 radical (unpaired) electrons. The summed E-state index contributed by atoms with van der Waals surface area (Å²) in [6.07, 6.45) is 7.12. The SMILES string of the molecule is CC1(C)CC[C@H](Nc2nc(NC34CC(C3)C4)ncc2C(N)=O)C[C@@H]1O. The predicted octanol–water partition coefficient (Wildman–Crippen LogP) is 1.89. The van der Waals surface area contributed by atoms with E-state index in [2.05, 4.69) is 34.4 Å². The number of aliphatic hydroxyl groups is 1. The van der Waals surface area contributed by atoms with Gasteiger partial charge < -0.3 is 21.5 Å². The first kappa shape index (κ1) is 16.6. The second-order valence-electron chi connectivity index (χ2n) is 8.82. The van der Waals surface area contributed by atoms with E-state index >= 15 is 0 Å². The highest BCUT2D eigenvalue weighted by Gasteiger charge is 2.57. The van der Waals surface area contributed by atoms with E-state index in [4.69, 9.17) is 5.73 Å². The van der Waals surface area contributed by atoms with Gasteiger partial charge in [-0.2, -0.15) is 4.98 Å². The van der Waals surface area contributed by atoms with Crippen LogP contribution in [0.3, 0.4) is 0 Å². The molecule has 1 amide bonds. The van der Waals surface area contributed by atoms with Crippen LogP contribution in [-0.2, 0) is 0 Å². The van der Waals surface area contributed by atoms with Gasteiger partial charge in [0.15, 0.2) is 0 Å². The second kappa shape index (κ2) is 5.56. The molecule has 4 fully saturated rings. The number of nitrogens with zero attached hydrogens (tertiary/aromatic N) is 2. The number of nitrogens with two attached hydrogens (primary N) is 1. The summed E-state index contributed by atoms with van der Waals surface area (Å²) < 4.78 is 0. The van der Waals surface area contributed by atoms with Gasteiger partial charge in [-0.25, -0.2) is 4.98 Å². The molecule has 25 heavy (non-hydrogen) atoms. The standard InChI is InChI=1S/C18H27N5O2/c1-17(2)4-3-11(5-13(17)24)21-15-12(14(19)25)9-20-16(22-15)23-18-6-10(7-18)8-18/h9-11,13,24H,3-8H2,1-2H3,(H2,19,25)(H2,20,21,22,23)/t10?,11-,13-,18?/m0/s1. The van der Waals surface area contributed by atoms with E-state index in [-0.39, 0.29) is 23.1 Å². The molecular weight excluding hydrogens is 318 g/mol. The fourth-order valence-electron chi connectivity index (χ4n) is 4.34. The number of aromatic nitrogens is 2. The fraction of sp³-hybridized carbons (Fsp3) is 0.722. The highest BCUT2D eigenvalue weighted by Crippen LogP contribution is 2.58. The van der Waals surface area contributed by atoms with Crippen molar-refractivity contribution in [3.8, 4) is 0 Å². The lowest BCUT2D eigenvalue weighted by Crippen LogP contribution is -2.63. The van der Waals surface area contributed by atoms with Crippen LogP contribution in [-0.4, -0.2) is 38.7 Å². The third kappa shape index (κ3) is 2.94. The third-order valence-corrected chi connectivity index (χ3v) is 6.36. The number of amides is 1. The number of aliphatic hydroxyl groups excluding tert-OH is 1. The summed E-state index contributed by atoms with van der Waals surface area (Å²) in [4.78, 5) is 20.5. The summed E-state index contributed by atoms with van der Waals surface area (Å²) in [5.74, 6) is 1.33. The largest absolute Gasteiger partial charge is 0.392 e. The van der Waals surface area contributed by atoms with Gasteiger partial charge in [-0.15, -0.1) is 0 Å². The maximum atomic E-state index is 11.7. The normalized spacial score (nSPS) is 35.2. The zero-order valence-corrected chi connectivity index (χ0v) is 14.9. The molecule has 5 N–H and O–H groups in total. The van der Waals surface area contributed by atoms with Crippen LogP contribution in [0.1, 0.15) is 62.7 Å². The Bertz CT molecular complexity index is 688. The van der Waals surface area contributed by atoms with Gasteiger partial charge in [0.05, 0.1) is 11.7 Å². The van der Waals surface area contributed by atoms with Crippen LogP contribution < -0.4 is 16.4 Å². The van der Waals surface area contributed by atoms with Crippen molar-refractivity contribution < 1.29 is 9.90 Å². The molecule has 4 saturated carbocycles. The molecule has 2 atom stereocenters. The molecule has 0 aromatic carbocycles. The van der Waals surface area contributed by atoms with E-state index in [0.717, 1.165) is 18.8 Å². The minimum atomic E-state index is -0.545. The van der Waals surface area contributed by atoms with Crippen molar-refractivity contribution in [1.29, 1.82) is 0 Å². The third-order valence-electron chi connectivity index (χ3n) is 6.36. The summed E-state index contributed by atoms with van der Waals surface area (Å²) in [6.45, 7) is 4.17. The highest BCUT2D eigenvalue weighted by molar-refractivity contribution is 5.97. The van der Waals surface area contributed by atoms with Gasteiger partial charge in [-0.05, 0) is 49.9 Å². The highest BCUT2D eigenvalue weighted by atomic mass is 16.3. The Hall–Kier alpha value is -1.89. The number of carbonyl (C=O) groups is 1. The van der Waals surface area contributed by atoms with E-state index in [1.807, 2.05) is 0 Å². The first-order chi connectivity index (χ1) is 11.8. The molecule has 4 aliphatic rings. The molecule has 136 valence electrons. The summed E-state index contributed by atoms with van der Waals surface area (Å²) in [5, 5.41) is 17.1. The van der Waals surface area contributed by atoms with Crippen molar-refractivity contribution >= 4 is 17.7 Å². The molecule has 4 aliphatic carbocycles. The molecule has 5 rings (SSSR count). The van der Waals surface area contributed by atoms with Crippen molar-refractivity contribution in [2.75, 3.05) is 10.6 Å². The lowest BCUT2D eigenvalue weighted by Gasteiger charge is -2.61. The van der Waals surface area contributed by atoms with Gasteiger partial charge in [-0.1, -0.05) is 13.8 Å². The molecule has 7 heteroatoms. The fourth-order valence-corrected chi connectivity index (χ4v) is 4.34. The number of primary amides is 1. The Morgan fingerprint density at radius 2 is 2.08 bits per heavy atom. The number of anilines is 2. The smallest absolute Gasteiger partial charge is 0.254 e. The molecule has 7 nitrogen and oxygen atoms in total. The molecule has 0 saturated heterocycles. The molecular formula is C18H27N5O2. The van der Waals surface area contributed by atoms with Gasteiger partial charge in [0, 0.05) is 17.8 Å². The Labute approximate surface area is 147 Å². The number of nitrogens with one attached hydrogen (secondary N) is 2. The van der Waals surface area contributed by atoms with Crippen LogP contribution in [0, 0.1) is 11.3 Å². The second-order valence-corrected chi connectivity index (χ2v) is 8.82. The van der Waals surface area contributed by atoms with Gasteiger partial charge >= 0.3 is 0 Å². The first-order valence-electron chi connectivity index (χ1n) is 9.16. The zero-order chi connectivity index (χ0) is 17.8. The monoisotopic (exact) mass is 345 g/mol. The van der Waals surface area contributed by atoms with Crippen LogP contribution in [0.15, 0.2) is 6.20 Å². The number of hydrogen-bond acceptors (Lipinski definition) is 6. The van der Waals surface area contributed by atoms with E-state index in [1.54, 1.807) is 0 Å². The minimum Gasteiger partial charge on any atom is -0.392 e. The maximum absolute atomic E-state index is 11.7. The quantitative estimate of drug-likeness (QED) is 0.648.